The van der Waals surface area contributed by atoms with E-state index in [1.807, 2.05) is 44.2 Å². The van der Waals surface area contributed by atoms with Crippen LogP contribution >= 0.6 is 0 Å². The van der Waals surface area contributed by atoms with E-state index in [0.29, 0.717) is 12.8 Å². The van der Waals surface area contributed by atoms with Crippen molar-refractivity contribution < 1.29 is 19.5 Å². The average molecular weight is 334 g/mol. The monoisotopic (exact) mass is 334 g/mol. The molecule has 0 aliphatic heterocycles. The van der Waals surface area contributed by atoms with Gasteiger partial charge in [-0.15, -0.1) is 0 Å². The Morgan fingerprint density at radius 2 is 1.71 bits per heavy atom. The van der Waals surface area contributed by atoms with Gasteiger partial charge in [-0.25, -0.2) is 0 Å². The van der Waals surface area contributed by atoms with Crippen LogP contribution in [0.1, 0.15) is 58.1 Å². The maximum atomic E-state index is 12.5. The minimum atomic E-state index is -0.944. The largest absolute Gasteiger partial charge is 0.481 e. The molecule has 3 N–H and O–H groups in total. The molecule has 132 valence electrons. The molecule has 2 amide bonds. The van der Waals surface area contributed by atoms with Crippen molar-refractivity contribution in [2.45, 2.75) is 58.0 Å². The summed E-state index contributed by atoms with van der Waals surface area (Å²) in [7, 11) is 0. The number of amides is 2. The van der Waals surface area contributed by atoms with Crippen molar-refractivity contribution in [3.05, 3.63) is 35.9 Å². The summed E-state index contributed by atoms with van der Waals surface area (Å²) in [6.45, 7) is 5.12. The van der Waals surface area contributed by atoms with Crippen LogP contribution in [0, 0.1) is 0 Å². The summed E-state index contributed by atoms with van der Waals surface area (Å²) in [6, 6.07) is 8.79. The van der Waals surface area contributed by atoms with Gasteiger partial charge in [0.2, 0.25) is 11.8 Å². The standard InChI is InChI=1S/C18H26N2O4/c1-4-18(5-2,12-17(23)24)20-16(22)11-15(19-13(3)21)14-9-7-6-8-10-14/h6-10,15H,4-5,11-12H2,1-3H3,(H,19,21)(H,20,22)(H,23,24). The topological polar surface area (TPSA) is 95.5 Å². The molecule has 0 aromatic heterocycles. The molecule has 6 nitrogen and oxygen atoms in total. The number of carbonyl (C=O) groups excluding carboxylic acids is 2. The predicted octanol–water partition coefficient (Wildman–Crippen LogP) is 2.40. The fourth-order valence-corrected chi connectivity index (χ4v) is 2.73. The molecule has 1 rings (SSSR count). The van der Waals surface area contributed by atoms with E-state index in [2.05, 4.69) is 10.6 Å². The van der Waals surface area contributed by atoms with Gasteiger partial charge in [-0.1, -0.05) is 44.2 Å². The quantitative estimate of drug-likeness (QED) is 0.646. The number of nitrogens with one attached hydrogen (secondary N) is 2. The van der Waals surface area contributed by atoms with Gasteiger partial charge in [-0.05, 0) is 18.4 Å². The maximum Gasteiger partial charge on any atom is 0.305 e. The molecular formula is C18H26N2O4. The molecule has 1 aromatic carbocycles. The van der Waals surface area contributed by atoms with Crippen molar-refractivity contribution in [3.8, 4) is 0 Å². The van der Waals surface area contributed by atoms with Crippen LogP contribution in [0.5, 0.6) is 0 Å². The van der Waals surface area contributed by atoms with Gasteiger partial charge in [0.05, 0.1) is 18.9 Å². The molecular weight excluding hydrogens is 308 g/mol. The molecule has 0 radical (unpaired) electrons. The van der Waals surface area contributed by atoms with E-state index in [-0.39, 0.29) is 24.7 Å². The van der Waals surface area contributed by atoms with Crippen molar-refractivity contribution >= 4 is 17.8 Å². The average Bonchev–Trinajstić information content (AvgIpc) is 2.53. The minimum Gasteiger partial charge on any atom is -0.481 e. The molecule has 24 heavy (non-hydrogen) atoms. The van der Waals surface area contributed by atoms with Gasteiger partial charge in [0.1, 0.15) is 0 Å². The third kappa shape index (κ3) is 6.02. The number of benzene rings is 1. The Kier molecular flexibility index (Phi) is 7.42. The highest BCUT2D eigenvalue weighted by Crippen LogP contribution is 2.22. The van der Waals surface area contributed by atoms with Crippen LogP contribution in [0.3, 0.4) is 0 Å². The number of aliphatic carboxylic acids is 1. The first-order chi connectivity index (χ1) is 11.3. The van der Waals surface area contributed by atoms with Crippen LogP contribution in [0.25, 0.3) is 0 Å². The summed E-state index contributed by atoms with van der Waals surface area (Å²) in [5.41, 5.74) is 0.0695. The van der Waals surface area contributed by atoms with Crippen molar-refractivity contribution in [2.75, 3.05) is 0 Å². The van der Waals surface area contributed by atoms with Gasteiger partial charge in [0.25, 0.3) is 0 Å². The van der Waals surface area contributed by atoms with Crippen LogP contribution in [0.2, 0.25) is 0 Å². The van der Waals surface area contributed by atoms with Gasteiger partial charge in [0.15, 0.2) is 0 Å². The third-order valence-electron chi connectivity index (χ3n) is 4.22. The second kappa shape index (κ2) is 9.05. The third-order valence-corrected chi connectivity index (χ3v) is 4.22. The Labute approximate surface area is 142 Å². The number of hydrogen-bond acceptors (Lipinski definition) is 3. The zero-order valence-corrected chi connectivity index (χ0v) is 14.5. The van der Waals surface area contributed by atoms with Gasteiger partial charge in [-0.2, -0.15) is 0 Å². The van der Waals surface area contributed by atoms with Crippen LogP contribution in [0.15, 0.2) is 30.3 Å². The molecule has 0 aliphatic carbocycles. The molecule has 0 saturated carbocycles. The van der Waals surface area contributed by atoms with Gasteiger partial charge < -0.3 is 15.7 Å². The van der Waals surface area contributed by atoms with Gasteiger partial charge in [0, 0.05) is 12.5 Å². The number of carboxylic acids is 1. The summed E-state index contributed by atoms with van der Waals surface area (Å²) >= 11 is 0. The molecule has 6 heteroatoms. The van der Waals surface area contributed by atoms with E-state index < -0.39 is 17.6 Å². The lowest BCUT2D eigenvalue weighted by Gasteiger charge is -2.32. The molecule has 1 unspecified atom stereocenters. The summed E-state index contributed by atoms with van der Waals surface area (Å²) in [4.78, 5) is 35.0. The highest BCUT2D eigenvalue weighted by Gasteiger charge is 2.31. The van der Waals surface area contributed by atoms with E-state index in [0.717, 1.165) is 5.56 Å². The first-order valence-electron chi connectivity index (χ1n) is 8.16. The minimum absolute atomic E-state index is 0.0605. The van der Waals surface area contributed by atoms with Crippen molar-refractivity contribution in [2.24, 2.45) is 0 Å². The summed E-state index contributed by atoms with van der Waals surface area (Å²) in [5, 5.41) is 14.7. The van der Waals surface area contributed by atoms with Crippen LogP contribution in [-0.2, 0) is 14.4 Å². The summed E-state index contributed by atoms with van der Waals surface area (Å²) in [5.74, 6) is -1.44. The number of carboxylic acid groups (broad SMARTS) is 1. The lowest BCUT2D eigenvalue weighted by molar-refractivity contribution is -0.139. The highest BCUT2D eigenvalue weighted by molar-refractivity contribution is 5.80. The Hall–Kier alpha value is -2.37. The molecule has 0 aliphatic rings. The van der Waals surface area contributed by atoms with Crippen molar-refractivity contribution in [1.82, 2.24) is 10.6 Å². The fraction of sp³-hybridized carbons (Fsp3) is 0.500. The number of carbonyl (C=O) groups is 3. The number of rotatable bonds is 9. The molecule has 0 heterocycles. The lowest BCUT2D eigenvalue weighted by Crippen LogP contribution is -2.49. The fourth-order valence-electron chi connectivity index (χ4n) is 2.73. The molecule has 1 aromatic rings. The maximum absolute atomic E-state index is 12.5. The predicted molar refractivity (Wildman–Crippen MR) is 91.3 cm³/mol. The zero-order valence-electron chi connectivity index (χ0n) is 14.5. The summed E-state index contributed by atoms with van der Waals surface area (Å²) in [6.07, 6.45) is 0.988. The SMILES string of the molecule is CCC(CC)(CC(=O)O)NC(=O)CC(NC(C)=O)c1ccccc1. The van der Waals surface area contributed by atoms with E-state index in [1.165, 1.54) is 6.92 Å². The Bertz CT molecular complexity index is 568. The normalized spacial score (nSPS) is 12.3. The molecule has 0 fully saturated rings. The van der Waals surface area contributed by atoms with E-state index in [4.69, 9.17) is 5.11 Å². The Morgan fingerprint density at radius 1 is 1.12 bits per heavy atom. The zero-order chi connectivity index (χ0) is 18.2. The second-order valence-electron chi connectivity index (χ2n) is 5.97. The smallest absolute Gasteiger partial charge is 0.305 e. The molecule has 0 bridgehead atoms. The van der Waals surface area contributed by atoms with Crippen LogP contribution in [-0.4, -0.2) is 28.4 Å². The van der Waals surface area contributed by atoms with Crippen molar-refractivity contribution in [3.63, 3.8) is 0 Å². The first kappa shape index (κ1) is 19.7. The molecule has 0 saturated heterocycles. The Balaban J connectivity index is 2.87. The summed E-state index contributed by atoms with van der Waals surface area (Å²) < 4.78 is 0. The molecule has 1 atom stereocenters. The second-order valence-corrected chi connectivity index (χ2v) is 5.97. The van der Waals surface area contributed by atoms with Gasteiger partial charge >= 0.3 is 5.97 Å². The highest BCUT2D eigenvalue weighted by atomic mass is 16.4. The number of hydrogen-bond donors (Lipinski definition) is 3. The van der Waals surface area contributed by atoms with Crippen LogP contribution < -0.4 is 10.6 Å². The van der Waals surface area contributed by atoms with Crippen molar-refractivity contribution in [1.29, 1.82) is 0 Å². The van der Waals surface area contributed by atoms with E-state index in [9.17, 15) is 14.4 Å². The van der Waals surface area contributed by atoms with Crippen LogP contribution in [0.4, 0.5) is 0 Å². The van der Waals surface area contributed by atoms with Gasteiger partial charge in [-0.3, -0.25) is 14.4 Å². The Morgan fingerprint density at radius 3 is 2.17 bits per heavy atom. The van der Waals surface area contributed by atoms with E-state index >= 15 is 0 Å². The first-order valence-corrected chi connectivity index (χ1v) is 8.16. The molecule has 0 spiro atoms. The lowest BCUT2D eigenvalue weighted by atomic mass is 9.88. The van der Waals surface area contributed by atoms with E-state index in [1.54, 1.807) is 0 Å².